The predicted molar refractivity (Wildman–Crippen MR) is 75.3 cm³/mol. The molecule has 1 fully saturated rings. The Kier molecular flexibility index (Phi) is 5.35. The molecule has 1 rings (SSSR count). The number of rotatable bonds is 5. The molecule has 0 aromatic heterocycles. The molecule has 0 aromatic rings. The van der Waals surface area contributed by atoms with Crippen molar-refractivity contribution < 1.29 is 14.8 Å². The van der Waals surface area contributed by atoms with Crippen LogP contribution in [0.4, 0.5) is 0 Å². The number of amidine groups is 1. The Balaban J connectivity index is 2.72. The van der Waals surface area contributed by atoms with E-state index in [2.05, 4.69) is 5.16 Å². The van der Waals surface area contributed by atoms with Crippen LogP contribution in [0.15, 0.2) is 5.16 Å². The topological polar surface area (TPSA) is 99.2 Å². The number of hydrogen-bond acceptors (Lipinski definition) is 4. The molecule has 0 aromatic carbocycles. The Labute approximate surface area is 119 Å². The van der Waals surface area contributed by atoms with E-state index in [1.807, 2.05) is 0 Å². The molecule has 7 nitrogen and oxygen atoms in total. The first-order chi connectivity index (χ1) is 9.36. The smallest absolute Gasteiger partial charge is 0.242 e. The lowest BCUT2D eigenvalue weighted by molar-refractivity contribution is -0.142. The molecule has 1 saturated heterocycles. The van der Waals surface area contributed by atoms with Crippen LogP contribution in [-0.4, -0.2) is 59.3 Å². The summed E-state index contributed by atoms with van der Waals surface area (Å²) in [7, 11) is 1.56. The van der Waals surface area contributed by atoms with Crippen LogP contribution in [0.5, 0.6) is 0 Å². The van der Waals surface area contributed by atoms with Crippen LogP contribution < -0.4 is 5.73 Å². The van der Waals surface area contributed by atoms with E-state index in [-0.39, 0.29) is 24.2 Å². The van der Waals surface area contributed by atoms with Crippen molar-refractivity contribution in [1.82, 2.24) is 9.80 Å². The summed E-state index contributed by atoms with van der Waals surface area (Å²) in [6.45, 7) is 4.93. The second kappa shape index (κ2) is 6.58. The largest absolute Gasteiger partial charge is 0.409 e. The van der Waals surface area contributed by atoms with E-state index < -0.39 is 5.41 Å². The van der Waals surface area contributed by atoms with E-state index in [9.17, 15) is 9.59 Å². The zero-order valence-corrected chi connectivity index (χ0v) is 12.4. The molecule has 2 amide bonds. The Hall–Kier alpha value is -1.79. The summed E-state index contributed by atoms with van der Waals surface area (Å²) in [6, 6.07) is 0. The van der Waals surface area contributed by atoms with Gasteiger partial charge in [-0.05, 0) is 26.2 Å². The van der Waals surface area contributed by atoms with Crippen molar-refractivity contribution in [1.29, 1.82) is 0 Å². The van der Waals surface area contributed by atoms with Crippen molar-refractivity contribution in [3.05, 3.63) is 0 Å². The highest BCUT2D eigenvalue weighted by Gasteiger charge is 2.39. The number of likely N-dealkylation sites (tertiary alicyclic amines) is 1. The molecule has 1 aliphatic heterocycles. The molecule has 114 valence electrons. The molecule has 1 atom stereocenters. The Morgan fingerprint density at radius 2 is 1.95 bits per heavy atom. The molecule has 0 aliphatic carbocycles. The fourth-order valence-corrected chi connectivity index (χ4v) is 2.31. The second-order valence-electron chi connectivity index (χ2n) is 5.42. The Morgan fingerprint density at radius 1 is 1.40 bits per heavy atom. The van der Waals surface area contributed by atoms with Gasteiger partial charge >= 0.3 is 0 Å². The summed E-state index contributed by atoms with van der Waals surface area (Å²) in [5, 5.41) is 11.7. The molecule has 1 heterocycles. The average Bonchev–Trinajstić information content (AvgIpc) is 2.98. The molecule has 0 bridgehead atoms. The summed E-state index contributed by atoms with van der Waals surface area (Å²) in [5.41, 5.74) is 4.52. The van der Waals surface area contributed by atoms with Gasteiger partial charge in [0.1, 0.15) is 5.41 Å². The second-order valence-corrected chi connectivity index (χ2v) is 5.42. The minimum absolute atomic E-state index is 0.0210. The highest BCUT2D eigenvalue weighted by atomic mass is 16.4. The Bertz CT molecular complexity index is 404. The van der Waals surface area contributed by atoms with E-state index >= 15 is 0 Å². The first-order valence-electron chi connectivity index (χ1n) is 6.88. The minimum Gasteiger partial charge on any atom is -0.409 e. The molecule has 20 heavy (non-hydrogen) atoms. The summed E-state index contributed by atoms with van der Waals surface area (Å²) in [5.74, 6) is -0.510. The molecule has 1 aliphatic rings. The number of nitrogens with two attached hydrogens (primary N) is 1. The fourth-order valence-electron chi connectivity index (χ4n) is 2.31. The van der Waals surface area contributed by atoms with Crippen LogP contribution in [0, 0.1) is 5.41 Å². The predicted octanol–water partition coefficient (Wildman–Crippen LogP) is 0.230. The number of likely N-dealkylation sites (N-methyl/N-ethyl adjacent to an activating group) is 1. The van der Waals surface area contributed by atoms with Gasteiger partial charge in [0.05, 0.1) is 6.54 Å². The molecule has 3 N–H and O–H groups in total. The van der Waals surface area contributed by atoms with Gasteiger partial charge < -0.3 is 20.7 Å². The third kappa shape index (κ3) is 3.20. The molecule has 0 saturated carbocycles. The van der Waals surface area contributed by atoms with Crippen molar-refractivity contribution in [2.45, 2.75) is 33.1 Å². The van der Waals surface area contributed by atoms with Gasteiger partial charge in [0.25, 0.3) is 0 Å². The molecule has 1 unspecified atom stereocenters. The van der Waals surface area contributed by atoms with Crippen molar-refractivity contribution >= 4 is 17.6 Å². The molecular formula is C13H24N4O3. The number of nitrogens with zero attached hydrogens (tertiary/aromatic N) is 3. The van der Waals surface area contributed by atoms with Crippen molar-refractivity contribution in [3.63, 3.8) is 0 Å². The van der Waals surface area contributed by atoms with Crippen LogP contribution >= 0.6 is 0 Å². The summed E-state index contributed by atoms with van der Waals surface area (Å²) < 4.78 is 0. The Morgan fingerprint density at radius 3 is 2.40 bits per heavy atom. The lowest BCUT2D eigenvalue weighted by Gasteiger charge is -2.31. The van der Waals surface area contributed by atoms with Gasteiger partial charge in [-0.15, -0.1) is 0 Å². The third-order valence-electron chi connectivity index (χ3n) is 4.03. The minimum atomic E-state index is -1.09. The van der Waals surface area contributed by atoms with E-state index in [0.29, 0.717) is 6.42 Å². The van der Waals surface area contributed by atoms with E-state index in [0.717, 1.165) is 25.9 Å². The van der Waals surface area contributed by atoms with Gasteiger partial charge in [0.2, 0.25) is 11.8 Å². The molecular weight excluding hydrogens is 260 g/mol. The maximum Gasteiger partial charge on any atom is 0.242 e. The van der Waals surface area contributed by atoms with E-state index in [1.165, 1.54) is 4.90 Å². The van der Waals surface area contributed by atoms with Gasteiger partial charge in [0, 0.05) is 20.1 Å². The number of carbonyl (C=O) groups is 2. The molecule has 0 spiro atoms. The SMILES string of the molecule is CCC(C)(C(=O)N(C)CC(=O)N1CCCC1)C(N)=NO. The summed E-state index contributed by atoms with van der Waals surface area (Å²) in [6.07, 6.45) is 2.42. The first kappa shape index (κ1) is 16.3. The third-order valence-corrected chi connectivity index (χ3v) is 4.03. The highest BCUT2D eigenvalue weighted by molar-refractivity contribution is 6.06. The lowest BCUT2D eigenvalue weighted by atomic mass is 9.84. The zero-order valence-electron chi connectivity index (χ0n) is 12.4. The lowest BCUT2D eigenvalue weighted by Crippen LogP contribution is -2.50. The normalized spacial score (nSPS) is 18.8. The zero-order chi connectivity index (χ0) is 15.3. The van der Waals surface area contributed by atoms with E-state index in [4.69, 9.17) is 10.9 Å². The molecule has 7 heteroatoms. The van der Waals surface area contributed by atoms with Gasteiger partial charge in [0.15, 0.2) is 5.84 Å². The van der Waals surface area contributed by atoms with Crippen LogP contribution in [-0.2, 0) is 9.59 Å². The highest BCUT2D eigenvalue weighted by Crippen LogP contribution is 2.24. The average molecular weight is 284 g/mol. The van der Waals surface area contributed by atoms with Crippen LogP contribution in [0.25, 0.3) is 0 Å². The van der Waals surface area contributed by atoms with Crippen molar-refractivity contribution in [2.24, 2.45) is 16.3 Å². The monoisotopic (exact) mass is 284 g/mol. The maximum atomic E-state index is 12.4. The van der Waals surface area contributed by atoms with Gasteiger partial charge in [-0.25, -0.2) is 0 Å². The first-order valence-corrected chi connectivity index (χ1v) is 6.88. The van der Waals surface area contributed by atoms with Crippen molar-refractivity contribution in [3.8, 4) is 0 Å². The van der Waals surface area contributed by atoms with E-state index in [1.54, 1.807) is 25.8 Å². The standard InChI is InChI=1S/C13H24N4O3/c1-4-13(2,11(14)15-20)12(19)16(3)9-10(18)17-7-5-6-8-17/h20H,4-9H2,1-3H3,(H2,14,15). The van der Waals surface area contributed by atoms with Gasteiger partial charge in [-0.2, -0.15) is 0 Å². The van der Waals surface area contributed by atoms with Crippen LogP contribution in [0.1, 0.15) is 33.1 Å². The maximum absolute atomic E-state index is 12.4. The number of carbonyl (C=O) groups excluding carboxylic acids is 2. The van der Waals surface area contributed by atoms with Gasteiger partial charge in [-0.1, -0.05) is 12.1 Å². The quantitative estimate of drug-likeness (QED) is 0.327. The molecule has 0 radical (unpaired) electrons. The van der Waals surface area contributed by atoms with Crippen LogP contribution in [0.2, 0.25) is 0 Å². The number of oxime groups is 1. The van der Waals surface area contributed by atoms with Crippen molar-refractivity contribution in [2.75, 3.05) is 26.7 Å². The number of hydrogen-bond donors (Lipinski definition) is 2. The van der Waals surface area contributed by atoms with Crippen LogP contribution in [0.3, 0.4) is 0 Å². The summed E-state index contributed by atoms with van der Waals surface area (Å²) in [4.78, 5) is 27.6. The van der Waals surface area contributed by atoms with Gasteiger partial charge in [-0.3, -0.25) is 9.59 Å². The summed E-state index contributed by atoms with van der Waals surface area (Å²) >= 11 is 0. The fraction of sp³-hybridized carbons (Fsp3) is 0.769. The number of amides is 2.